The van der Waals surface area contributed by atoms with E-state index in [-0.39, 0.29) is 0 Å². The number of rotatable bonds is 4. The minimum absolute atomic E-state index is 0.630. The van der Waals surface area contributed by atoms with Gasteiger partial charge >= 0.3 is 0 Å². The number of halogens is 1. The molecule has 5 heteroatoms. The summed E-state index contributed by atoms with van der Waals surface area (Å²) in [5.41, 5.74) is 1.40. The topological polar surface area (TPSA) is 29.0 Å². The zero-order valence-corrected chi connectivity index (χ0v) is 14.5. The molecule has 0 aromatic carbocycles. The van der Waals surface area contributed by atoms with Crippen LogP contribution < -0.4 is 4.90 Å². The second-order valence-corrected chi connectivity index (χ2v) is 7.56. The summed E-state index contributed by atoms with van der Waals surface area (Å²) in [5.74, 6) is 1.52. The van der Waals surface area contributed by atoms with E-state index >= 15 is 0 Å². The Morgan fingerprint density at radius 2 is 2.19 bits per heavy atom. The van der Waals surface area contributed by atoms with Gasteiger partial charge in [0.1, 0.15) is 9.98 Å². The van der Waals surface area contributed by atoms with Gasteiger partial charge in [0.05, 0.1) is 5.39 Å². The highest BCUT2D eigenvalue weighted by atomic mass is 35.5. The molecule has 21 heavy (non-hydrogen) atoms. The number of aromatic nitrogens is 2. The number of thiophene rings is 1. The molecule has 0 N–H and O–H groups in total. The Hall–Kier alpha value is -0.870. The molecule has 2 heterocycles. The van der Waals surface area contributed by atoms with Crippen LogP contribution in [0.15, 0.2) is 0 Å². The molecule has 0 radical (unpaired) electrons. The molecule has 0 saturated carbocycles. The first kappa shape index (κ1) is 15.0. The van der Waals surface area contributed by atoms with Crippen LogP contribution in [0.4, 0.5) is 5.95 Å². The highest BCUT2D eigenvalue weighted by molar-refractivity contribution is 7.19. The molecule has 2 aromatic rings. The van der Waals surface area contributed by atoms with Gasteiger partial charge in [-0.2, -0.15) is 0 Å². The summed E-state index contributed by atoms with van der Waals surface area (Å²) in [4.78, 5) is 13.9. The summed E-state index contributed by atoms with van der Waals surface area (Å²) in [6.45, 7) is 5.49. The van der Waals surface area contributed by atoms with E-state index in [1.807, 2.05) is 18.4 Å². The lowest BCUT2D eigenvalue weighted by molar-refractivity contribution is 0.509. The summed E-state index contributed by atoms with van der Waals surface area (Å²) in [6.07, 6.45) is 5.84. The molecule has 3 rings (SSSR count). The molecule has 0 amide bonds. The molecule has 3 nitrogen and oxygen atoms in total. The van der Waals surface area contributed by atoms with Gasteiger partial charge < -0.3 is 4.90 Å². The molecular formula is C16H22ClN3S. The van der Waals surface area contributed by atoms with Crippen molar-refractivity contribution in [1.29, 1.82) is 0 Å². The SMILES string of the molecule is CCCCN(C)c1nc(Cl)c2c3c(sc2n1)CC(C)CC3. The quantitative estimate of drug-likeness (QED) is 0.763. The Morgan fingerprint density at radius 1 is 1.38 bits per heavy atom. The zero-order valence-electron chi connectivity index (χ0n) is 12.9. The summed E-state index contributed by atoms with van der Waals surface area (Å²) in [5, 5.41) is 1.74. The minimum atomic E-state index is 0.630. The molecule has 0 spiro atoms. The van der Waals surface area contributed by atoms with Crippen molar-refractivity contribution in [2.24, 2.45) is 5.92 Å². The maximum absolute atomic E-state index is 6.48. The van der Waals surface area contributed by atoms with E-state index in [2.05, 4.69) is 23.7 Å². The number of fused-ring (bicyclic) bond motifs is 3. The third kappa shape index (κ3) is 2.88. The van der Waals surface area contributed by atoms with Crippen LogP contribution in [0.5, 0.6) is 0 Å². The van der Waals surface area contributed by atoms with Crippen molar-refractivity contribution >= 4 is 39.1 Å². The van der Waals surface area contributed by atoms with Crippen molar-refractivity contribution in [3.05, 3.63) is 15.6 Å². The van der Waals surface area contributed by atoms with Crippen LogP contribution in [-0.2, 0) is 12.8 Å². The Morgan fingerprint density at radius 3 is 2.95 bits per heavy atom. The molecule has 0 aliphatic heterocycles. The number of anilines is 1. The second-order valence-electron chi connectivity index (χ2n) is 6.12. The van der Waals surface area contributed by atoms with Crippen molar-refractivity contribution in [2.75, 3.05) is 18.5 Å². The molecule has 0 fully saturated rings. The van der Waals surface area contributed by atoms with Crippen LogP contribution in [0.3, 0.4) is 0 Å². The van der Waals surface area contributed by atoms with E-state index < -0.39 is 0 Å². The average molecular weight is 324 g/mol. The van der Waals surface area contributed by atoms with E-state index in [0.717, 1.165) is 47.9 Å². The largest absolute Gasteiger partial charge is 0.344 e. The Bertz CT molecular complexity index is 652. The lowest BCUT2D eigenvalue weighted by Crippen LogP contribution is -2.20. The number of hydrogen-bond acceptors (Lipinski definition) is 4. The average Bonchev–Trinajstić information content (AvgIpc) is 2.82. The van der Waals surface area contributed by atoms with E-state index in [1.165, 1.54) is 23.3 Å². The monoisotopic (exact) mass is 323 g/mol. The molecule has 1 unspecified atom stereocenters. The summed E-state index contributed by atoms with van der Waals surface area (Å²) >= 11 is 8.29. The molecule has 1 atom stereocenters. The van der Waals surface area contributed by atoms with Gasteiger partial charge in [-0.25, -0.2) is 9.97 Å². The second kappa shape index (κ2) is 6.09. The van der Waals surface area contributed by atoms with Crippen LogP contribution in [-0.4, -0.2) is 23.6 Å². The van der Waals surface area contributed by atoms with Crippen LogP contribution in [0.25, 0.3) is 10.2 Å². The van der Waals surface area contributed by atoms with Crippen LogP contribution in [0.2, 0.25) is 5.15 Å². The Labute approximate surface area is 135 Å². The third-order valence-electron chi connectivity index (χ3n) is 4.29. The van der Waals surface area contributed by atoms with Crippen LogP contribution in [0, 0.1) is 5.92 Å². The Kier molecular flexibility index (Phi) is 4.36. The first-order valence-corrected chi connectivity index (χ1v) is 8.98. The molecule has 1 aliphatic carbocycles. The van der Waals surface area contributed by atoms with Crippen molar-refractivity contribution in [2.45, 2.75) is 46.0 Å². The van der Waals surface area contributed by atoms with Crippen molar-refractivity contribution < 1.29 is 0 Å². The van der Waals surface area contributed by atoms with Gasteiger partial charge in [0.15, 0.2) is 0 Å². The fraction of sp³-hybridized carbons (Fsp3) is 0.625. The normalized spacial score (nSPS) is 18.0. The van der Waals surface area contributed by atoms with Crippen molar-refractivity contribution in [3.63, 3.8) is 0 Å². The molecule has 0 bridgehead atoms. The fourth-order valence-corrected chi connectivity index (χ4v) is 4.67. The molecule has 114 valence electrons. The van der Waals surface area contributed by atoms with Gasteiger partial charge in [0, 0.05) is 18.5 Å². The number of nitrogens with zero attached hydrogens (tertiary/aromatic N) is 3. The standard InChI is InChI=1S/C16H22ClN3S/c1-4-5-8-20(3)16-18-14(17)13-11-7-6-10(2)9-12(11)21-15(13)19-16/h10H,4-9H2,1-3H3. The predicted molar refractivity (Wildman–Crippen MR) is 91.8 cm³/mol. The maximum Gasteiger partial charge on any atom is 0.227 e. The van der Waals surface area contributed by atoms with Crippen molar-refractivity contribution in [1.82, 2.24) is 9.97 Å². The Balaban J connectivity index is 2.00. The van der Waals surface area contributed by atoms with E-state index in [0.29, 0.717) is 5.15 Å². The molecule has 0 saturated heterocycles. The predicted octanol–water partition coefficient (Wildman–Crippen LogP) is 4.71. The number of unbranched alkanes of at least 4 members (excludes halogenated alkanes) is 1. The van der Waals surface area contributed by atoms with Gasteiger partial charge in [-0.05, 0) is 37.2 Å². The van der Waals surface area contributed by atoms with Crippen LogP contribution >= 0.6 is 22.9 Å². The number of aryl methyl sites for hydroxylation is 1. The van der Waals surface area contributed by atoms with E-state index in [1.54, 1.807) is 0 Å². The lowest BCUT2D eigenvalue weighted by Gasteiger charge is -2.18. The first-order chi connectivity index (χ1) is 10.1. The van der Waals surface area contributed by atoms with Gasteiger partial charge in [-0.15, -0.1) is 11.3 Å². The first-order valence-electron chi connectivity index (χ1n) is 7.79. The molecular weight excluding hydrogens is 302 g/mol. The van der Waals surface area contributed by atoms with Gasteiger partial charge in [-0.3, -0.25) is 0 Å². The zero-order chi connectivity index (χ0) is 15.0. The summed E-state index contributed by atoms with van der Waals surface area (Å²) in [7, 11) is 2.04. The molecule has 2 aromatic heterocycles. The number of hydrogen-bond donors (Lipinski definition) is 0. The lowest BCUT2D eigenvalue weighted by atomic mass is 9.89. The van der Waals surface area contributed by atoms with Gasteiger partial charge in [0.2, 0.25) is 5.95 Å². The van der Waals surface area contributed by atoms with Crippen molar-refractivity contribution in [3.8, 4) is 0 Å². The minimum Gasteiger partial charge on any atom is -0.344 e. The van der Waals surface area contributed by atoms with Gasteiger partial charge in [-0.1, -0.05) is 31.9 Å². The summed E-state index contributed by atoms with van der Waals surface area (Å²) < 4.78 is 0. The summed E-state index contributed by atoms with van der Waals surface area (Å²) in [6, 6.07) is 0. The highest BCUT2D eigenvalue weighted by Crippen LogP contribution is 2.40. The van der Waals surface area contributed by atoms with Crippen LogP contribution in [0.1, 0.15) is 43.6 Å². The van der Waals surface area contributed by atoms with E-state index in [9.17, 15) is 0 Å². The smallest absolute Gasteiger partial charge is 0.227 e. The fourth-order valence-electron chi connectivity index (χ4n) is 2.95. The molecule has 1 aliphatic rings. The van der Waals surface area contributed by atoms with Gasteiger partial charge in [0.25, 0.3) is 0 Å². The highest BCUT2D eigenvalue weighted by Gasteiger charge is 2.23. The third-order valence-corrected chi connectivity index (χ3v) is 5.71. The maximum atomic E-state index is 6.48. The van der Waals surface area contributed by atoms with E-state index in [4.69, 9.17) is 16.6 Å².